The Hall–Kier alpha value is -1.05. The van der Waals surface area contributed by atoms with E-state index in [9.17, 15) is 4.79 Å². The highest BCUT2D eigenvalue weighted by Gasteiger charge is 2.29. The molecule has 1 heterocycles. The molecule has 1 atom stereocenters. The number of hydrogen-bond donors (Lipinski definition) is 0. The minimum absolute atomic E-state index is 0.188. The molecule has 2 heteroatoms. The minimum atomic E-state index is 0.188. The van der Waals surface area contributed by atoms with Crippen LogP contribution >= 0.6 is 0 Å². The number of likely N-dealkylation sites (N-methyl/N-ethyl adjacent to an activating group) is 1. The zero-order chi connectivity index (χ0) is 12.7. The van der Waals surface area contributed by atoms with Crippen LogP contribution in [0, 0.1) is 5.92 Å². The first-order valence-electron chi connectivity index (χ1n) is 6.35. The molecule has 2 aliphatic rings. The molecule has 16 heavy (non-hydrogen) atoms. The SMILES string of the molecule is CC.CC.CC1C=C2C(=O)N(C)CC2=CC1. The van der Waals surface area contributed by atoms with Crippen molar-refractivity contribution in [2.24, 2.45) is 5.92 Å². The Labute approximate surface area is 100 Å². The van der Waals surface area contributed by atoms with Crippen molar-refractivity contribution < 1.29 is 4.79 Å². The monoisotopic (exact) mass is 223 g/mol. The standard InChI is InChI=1S/C10H13NO.2C2H6/c1-7-3-4-8-6-11(2)10(12)9(8)5-7;2*1-2/h4-5,7H,3,6H2,1-2H3;2*1-2H3. The largest absolute Gasteiger partial charge is 0.337 e. The molecule has 0 saturated carbocycles. The lowest BCUT2D eigenvalue weighted by Crippen LogP contribution is -2.19. The quantitative estimate of drug-likeness (QED) is 0.616. The van der Waals surface area contributed by atoms with Crippen LogP contribution in [0.25, 0.3) is 0 Å². The smallest absolute Gasteiger partial charge is 0.253 e. The van der Waals surface area contributed by atoms with E-state index in [1.807, 2.05) is 34.7 Å². The van der Waals surface area contributed by atoms with E-state index in [0.29, 0.717) is 5.92 Å². The number of rotatable bonds is 0. The van der Waals surface area contributed by atoms with Gasteiger partial charge in [0.05, 0.1) is 0 Å². The summed E-state index contributed by atoms with van der Waals surface area (Å²) in [5, 5.41) is 0. The van der Waals surface area contributed by atoms with Crippen LogP contribution in [0.5, 0.6) is 0 Å². The molecular formula is C14H25NO. The maximum atomic E-state index is 11.5. The molecule has 2 rings (SSSR count). The molecule has 1 aliphatic heterocycles. The normalized spacial score (nSPS) is 22.0. The first kappa shape index (κ1) is 14.9. The number of allylic oxidation sites excluding steroid dienone is 2. The van der Waals surface area contributed by atoms with Gasteiger partial charge in [-0.25, -0.2) is 0 Å². The summed E-state index contributed by atoms with van der Waals surface area (Å²) in [6.45, 7) is 10.9. The lowest BCUT2D eigenvalue weighted by molar-refractivity contribution is -0.123. The van der Waals surface area contributed by atoms with Gasteiger partial charge in [0.1, 0.15) is 0 Å². The van der Waals surface area contributed by atoms with Crippen LogP contribution in [0.4, 0.5) is 0 Å². The molecule has 0 aromatic rings. The summed E-state index contributed by atoms with van der Waals surface area (Å²) in [7, 11) is 1.85. The molecule has 1 fully saturated rings. The molecular weight excluding hydrogens is 198 g/mol. The maximum absolute atomic E-state index is 11.5. The van der Waals surface area contributed by atoms with Crippen LogP contribution in [0.15, 0.2) is 23.3 Å². The second kappa shape index (κ2) is 7.26. The van der Waals surface area contributed by atoms with Crippen molar-refractivity contribution in [3.63, 3.8) is 0 Å². The summed E-state index contributed by atoms with van der Waals surface area (Å²) < 4.78 is 0. The highest BCUT2D eigenvalue weighted by molar-refractivity contribution is 6.01. The second-order valence-electron chi connectivity index (χ2n) is 3.68. The van der Waals surface area contributed by atoms with Crippen molar-refractivity contribution in [1.82, 2.24) is 4.90 Å². The third-order valence-corrected chi connectivity index (χ3v) is 2.52. The third-order valence-electron chi connectivity index (χ3n) is 2.52. The fraction of sp³-hybridized carbons (Fsp3) is 0.643. The highest BCUT2D eigenvalue weighted by Crippen LogP contribution is 2.29. The topological polar surface area (TPSA) is 20.3 Å². The van der Waals surface area contributed by atoms with Gasteiger partial charge < -0.3 is 4.90 Å². The molecule has 0 spiro atoms. The van der Waals surface area contributed by atoms with Gasteiger partial charge >= 0.3 is 0 Å². The summed E-state index contributed by atoms with van der Waals surface area (Å²) in [6, 6.07) is 0. The molecule has 1 saturated heterocycles. The summed E-state index contributed by atoms with van der Waals surface area (Å²) in [4.78, 5) is 13.3. The molecule has 2 nitrogen and oxygen atoms in total. The number of carbonyl (C=O) groups is 1. The predicted molar refractivity (Wildman–Crippen MR) is 70.3 cm³/mol. The number of likely N-dealkylation sites (tertiary alicyclic amines) is 1. The van der Waals surface area contributed by atoms with Crippen molar-refractivity contribution in [3.8, 4) is 0 Å². The molecule has 92 valence electrons. The highest BCUT2D eigenvalue weighted by atomic mass is 16.2. The van der Waals surface area contributed by atoms with Gasteiger partial charge in [-0.3, -0.25) is 4.79 Å². The van der Waals surface area contributed by atoms with Crippen LogP contribution in [-0.2, 0) is 4.79 Å². The lowest BCUT2D eigenvalue weighted by atomic mass is 9.93. The Morgan fingerprint density at radius 1 is 1.25 bits per heavy atom. The van der Waals surface area contributed by atoms with E-state index in [2.05, 4.69) is 19.1 Å². The van der Waals surface area contributed by atoms with Crippen molar-refractivity contribution in [3.05, 3.63) is 23.3 Å². The first-order chi connectivity index (χ1) is 7.68. The van der Waals surface area contributed by atoms with Crippen molar-refractivity contribution in [2.45, 2.75) is 41.0 Å². The second-order valence-corrected chi connectivity index (χ2v) is 3.68. The van der Waals surface area contributed by atoms with Crippen LogP contribution in [-0.4, -0.2) is 24.4 Å². The van der Waals surface area contributed by atoms with Crippen molar-refractivity contribution in [1.29, 1.82) is 0 Å². The van der Waals surface area contributed by atoms with Gasteiger partial charge in [0.15, 0.2) is 0 Å². The van der Waals surface area contributed by atoms with Gasteiger partial charge in [0.25, 0.3) is 5.91 Å². The van der Waals surface area contributed by atoms with Gasteiger partial charge in [-0.05, 0) is 17.9 Å². The number of carbonyl (C=O) groups excluding carboxylic acids is 1. The maximum Gasteiger partial charge on any atom is 0.253 e. The first-order valence-corrected chi connectivity index (χ1v) is 6.35. The minimum Gasteiger partial charge on any atom is -0.337 e. The number of hydrogen-bond acceptors (Lipinski definition) is 1. The fourth-order valence-electron chi connectivity index (χ4n) is 1.79. The lowest BCUT2D eigenvalue weighted by Gasteiger charge is -2.10. The van der Waals surface area contributed by atoms with Gasteiger partial charge in [-0.15, -0.1) is 0 Å². The average molecular weight is 223 g/mol. The van der Waals surface area contributed by atoms with E-state index < -0.39 is 0 Å². The number of amides is 1. The molecule has 0 N–H and O–H groups in total. The Balaban J connectivity index is 0.000000509. The van der Waals surface area contributed by atoms with Crippen LogP contribution < -0.4 is 0 Å². The zero-order valence-electron chi connectivity index (χ0n) is 11.5. The van der Waals surface area contributed by atoms with E-state index in [0.717, 1.165) is 18.5 Å². The van der Waals surface area contributed by atoms with E-state index >= 15 is 0 Å². The number of fused-ring (bicyclic) bond motifs is 1. The van der Waals surface area contributed by atoms with Crippen LogP contribution in [0.3, 0.4) is 0 Å². The van der Waals surface area contributed by atoms with Crippen molar-refractivity contribution >= 4 is 5.91 Å². The Morgan fingerprint density at radius 2 is 1.81 bits per heavy atom. The number of nitrogens with zero attached hydrogens (tertiary/aromatic N) is 1. The summed E-state index contributed by atoms with van der Waals surface area (Å²) in [5.41, 5.74) is 2.16. The molecule has 0 aromatic heterocycles. The Bertz CT molecular complexity index is 289. The molecule has 0 radical (unpaired) electrons. The third kappa shape index (κ3) is 3.22. The van der Waals surface area contributed by atoms with Crippen molar-refractivity contribution in [2.75, 3.05) is 13.6 Å². The molecule has 0 aromatic carbocycles. The summed E-state index contributed by atoms with van der Waals surface area (Å²) in [5.74, 6) is 0.715. The van der Waals surface area contributed by atoms with E-state index in [1.165, 1.54) is 5.57 Å². The summed E-state index contributed by atoms with van der Waals surface area (Å²) in [6.07, 6.45) is 5.38. The predicted octanol–water partition coefficient (Wildman–Crippen LogP) is 3.40. The molecule has 0 bridgehead atoms. The summed E-state index contributed by atoms with van der Waals surface area (Å²) >= 11 is 0. The Morgan fingerprint density at radius 3 is 2.38 bits per heavy atom. The molecule has 1 unspecified atom stereocenters. The molecule has 1 aliphatic carbocycles. The van der Waals surface area contributed by atoms with Gasteiger partial charge in [0, 0.05) is 19.2 Å². The van der Waals surface area contributed by atoms with E-state index in [4.69, 9.17) is 0 Å². The Kier molecular flexibility index (Phi) is 6.78. The van der Waals surface area contributed by atoms with Gasteiger partial charge in [0.2, 0.25) is 0 Å². The fourth-order valence-corrected chi connectivity index (χ4v) is 1.79. The zero-order valence-corrected chi connectivity index (χ0v) is 11.5. The van der Waals surface area contributed by atoms with Gasteiger partial charge in [-0.1, -0.05) is 46.8 Å². The van der Waals surface area contributed by atoms with Crippen LogP contribution in [0.2, 0.25) is 0 Å². The average Bonchev–Trinajstić information content (AvgIpc) is 2.61. The molecule has 1 amide bonds. The van der Waals surface area contributed by atoms with E-state index in [1.54, 1.807) is 4.90 Å². The van der Waals surface area contributed by atoms with Gasteiger partial charge in [-0.2, -0.15) is 0 Å². The van der Waals surface area contributed by atoms with E-state index in [-0.39, 0.29) is 5.91 Å². The van der Waals surface area contributed by atoms with Crippen LogP contribution in [0.1, 0.15) is 41.0 Å².